The lowest BCUT2D eigenvalue weighted by molar-refractivity contribution is -0.139. The summed E-state index contributed by atoms with van der Waals surface area (Å²) in [4.78, 5) is 23.3. The van der Waals surface area contributed by atoms with Gasteiger partial charge in [0.1, 0.15) is 9.88 Å². The third kappa shape index (κ3) is 4.18. The molecule has 0 aliphatic heterocycles. The van der Waals surface area contributed by atoms with Crippen molar-refractivity contribution in [1.82, 2.24) is 0 Å². The molecule has 1 aromatic heterocycles. The fourth-order valence-corrected chi connectivity index (χ4v) is 3.65. The predicted molar refractivity (Wildman–Crippen MR) is 79.0 cm³/mol. The van der Waals surface area contributed by atoms with Crippen molar-refractivity contribution in [2.45, 2.75) is 26.0 Å². The number of rotatable bonds is 6. The minimum atomic E-state index is -3.93. The second kappa shape index (κ2) is 6.90. The molecule has 0 aliphatic carbocycles. The Morgan fingerprint density at radius 1 is 1.43 bits per heavy atom. The van der Waals surface area contributed by atoms with E-state index in [0.29, 0.717) is 10.4 Å². The van der Waals surface area contributed by atoms with Gasteiger partial charge in [-0.05, 0) is 32.4 Å². The number of carbonyl (C=O) groups excluding carboxylic acids is 2. The van der Waals surface area contributed by atoms with E-state index in [4.69, 9.17) is 4.74 Å². The van der Waals surface area contributed by atoms with E-state index in [1.807, 2.05) is 0 Å². The highest BCUT2D eigenvalue weighted by atomic mass is 32.2. The van der Waals surface area contributed by atoms with E-state index in [9.17, 15) is 18.0 Å². The number of thiophene rings is 1. The largest absolute Gasteiger partial charge is 0.468 e. The Balaban J connectivity index is 2.97. The summed E-state index contributed by atoms with van der Waals surface area (Å²) < 4.78 is 35.5. The van der Waals surface area contributed by atoms with E-state index >= 15 is 0 Å². The zero-order valence-electron chi connectivity index (χ0n) is 12.1. The number of hydrogen-bond acceptors (Lipinski definition) is 7. The normalized spacial score (nSPS) is 12.6. The summed E-state index contributed by atoms with van der Waals surface area (Å²) in [6.45, 7) is 4.81. The molecule has 0 saturated heterocycles. The topological polar surface area (TPSA) is 98.8 Å². The first kappa shape index (κ1) is 17.4. The lowest BCUT2D eigenvalue weighted by Crippen LogP contribution is -2.32. The second-order valence-electron chi connectivity index (χ2n) is 4.16. The molecular weight excluding hydrogens is 318 g/mol. The zero-order chi connectivity index (χ0) is 16.2. The van der Waals surface area contributed by atoms with Gasteiger partial charge in [0, 0.05) is 0 Å². The molecule has 1 heterocycles. The maximum absolute atomic E-state index is 12.0. The molecule has 0 spiro atoms. The lowest BCUT2D eigenvalue weighted by atomic mass is 10.3. The van der Waals surface area contributed by atoms with Crippen LogP contribution in [0, 0.1) is 6.92 Å². The van der Waals surface area contributed by atoms with Crippen molar-refractivity contribution in [2.24, 2.45) is 0 Å². The average Bonchev–Trinajstić information content (AvgIpc) is 2.77. The first-order valence-corrected chi connectivity index (χ1v) is 8.46. The standard InChI is InChI=1S/C12H17NO6S2/c1-5-19-12(15)10-7(2)6-9(20-10)13-21(16,17)8(3)11(14)18-4/h6,8,13H,5H2,1-4H3. The number of methoxy groups -OCH3 is 1. The van der Waals surface area contributed by atoms with Gasteiger partial charge in [0.25, 0.3) is 0 Å². The van der Waals surface area contributed by atoms with Gasteiger partial charge in [-0.3, -0.25) is 9.52 Å². The van der Waals surface area contributed by atoms with Crippen LogP contribution in [0.15, 0.2) is 6.07 Å². The third-order valence-electron chi connectivity index (χ3n) is 2.62. The fraction of sp³-hybridized carbons (Fsp3) is 0.500. The van der Waals surface area contributed by atoms with Crippen LogP contribution in [0.3, 0.4) is 0 Å². The first-order valence-electron chi connectivity index (χ1n) is 6.10. The van der Waals surface area contributed by atoms with E-state index in [1.54, 1.807) is 13.8 Å². The molecule has 0 fully saturated rings. The van der Waals surface area contributed by atoms with Gasteiger partial charge in [-0.1, -0.05) is 0 Å². The van der Waals surface area contributed by atoms with Crippen LogP contribution in [0.1, 0.15) is 29.1 Å². The molecule has 0 radical (unpaired) electrons. The van der Waals surface area contributed by atoms with E-state index < -0.39 is 27.2 Å². The summed E-state index contributed by atoms with van der Waals surface area (Å²) in [7, 11) is -2.82. The van der Waals surface area contributed by atoms with Crippen molar-refractivity contribution in [2.75, 3.05) is 18.4 Å². The summed E-state index contributed by atoms with van der Waals surface area (Å²) in [5, 5.41) is -1.11. The number of aryl methyl sites for hydroxylation is 1. The van der Waals surface area contributed by atoms with Gasteiger partial charge in [0.2, 0.25) is 10.0 Å². The lowest BCUT2D eigenvalue weighted by Gasteiger charge is -2.11. The summed E-state index contributed by atoms with van der Waals surface area (Å²) in [5.41, 5.74) is 0.599. The van der Waals surface area contributed by atoms with Crippen LogP contribution in [0.2, 0.25) is 0 Å². The molecule has 118 valence electrons. The van der Waals surface area contributed by atoms with Gasteiger partial charge in [0.05, 0.1) is 13.7 Å². The van der Waals surface area contributed by atoms with Gasteiger partial charge in [-0.25, -0.2) is 13.2 Å². The van der Waals surface area contributed by atoms with Crippen LogP contribution in [-0.2, 0) is 24.3 Å². The smallest absolute Gasteiger partial charge is 0.348 e. The summed E-state index contributed by atoms with van der Waals surface area (Å²) in [5.74, 6) is -1.37. The number of sulfonamides is 1. The highest BCUT2D eigenvalue weighted by molar-refractivity contribution is 7.94. The summed E-state index contributed by atoms with van der Waals surface area (Å²) in [6.07, 6.45) is 0. The molecule has 0 amide bonds. The molecule has 0 aromatic carbocycles. The Morgan fingerprint density at radius 2 is 2.05 bits per heavy atom. The zero-order valence-corrected chi connectivity index (χ0v) is 13.8. The van der Waals surface area contributed by atoms with Crippen LogP contribution in [0.25, 0.3) is 0 Å². The second-order valence-corrected chi connectivity index (χ2v) is 7.21. The van der Waals surface area contributed by atoms with Crippen LogP contribution in [-0.4, -0.2) is 39.3 Å². The molecule has 9 heteroatoms. The number of anilines is 1. The van der Waals surface area contributed by atoms with E-state index in [0.717, 1.165) is 18.4 Å². The van der Waals surface area contributed by atoms with Crippen molar-refractivity contribution in [3.63, 3.8) is 0 Å². The summed E-state index contributed by atoms with van der Waals surface area (Å²) in [6, 6.07) is 1.51. The van der Waals surface area contributed by atoms with E-state index in [2.05, 4.69) is 9.46 Å². The Morgan fingerprint density at radius 3 is 2.57 bits per heavy atom. The van der Waals surface area contributed by atoms with E-state index in [1.165, 1.54) is 13.0 Å². The minimum Gasteiger partial charge on any atom is -0.468 e. The Hall–Kier alpha value is -1.61. The number of nitrogens with one attached hydrogen (secondary N) is 1. The number of carbonyl (C=O) groups is 2. The highest BCUT2D eigenvalue weighted by Gasteiger charge is 2.29. The van der Waals surface area contributed by atoms with Crippen molar-refractivity contribution in [1.29, 1.82) is 0 Å². The molecule has 0 aliphatic rings. The number of ether oxygens (including phenoxy) is 2. The van der Waals surface area contributed by atoms with Gasteiger partial charge >= 0.3 is 11.9 Å². The molecule has 1 N–H and O–H groups in total. The monoisotopic (exact) mass is 335 g/mol. The summed E-state index contributed by atoms with van der Waals surface area (Å²) >= 11 is 0.954. The van der Waals surface area contributed by atoms with Gasteiger partial charge in [-0.15, -0.1) is 11.3 Å². The van der Waals surface area contributed by atoms with Crippen molar-refractivity contribution in [3.8, 4) is 0 Å². The predicted octanol–water partition coefficient (Wildman–Crippen LogP) is 1.54. The minimum absolute atomic E-state index is 0.233. The van der Waals surface area contributed by atoms with Gasteiger partial charge in [0.15, 0.2) is 5.25 Å². The van der Waals surface area contributed by atoms with Crippen molar-refractivity contribution >= 4 is 38.3 Å². The maximum atomic E-state index is 12.0. The third-order valence-corrected chi connectivity index (χ3v) is 5.51. The molecule has 1 rings (SSSR count). The molecular formula is C12H17NO6S2. The fourth-order valence-electron chi connectivity index (χ4n) is 1.45. The highest BCUT2D eigenvalue weighted by Crippen LogP contribution is 2.28. The van der Waals surface area contributed by atoms with Crippen LogP contribution >= 0.6 is 11.3 Å². The van der Waals surface area contributed by atoms with Gasteiger partial charge < -0.3 is 9.47 Å². The first-order chi connectivity index (χ1) is 9.72. The number of hydrogen-bond donors (Lipinski definition) is 1. The van der Waals surface area contributed by atoms with E-state index in [-0.39, 0.29) is 11.6 Å². The molecule has 1 aromatic rings. The quantitative estimate of drug-likeness (QED) is 0.792. The molecule has 21 heavy (non-hydrogen) atoms. The van der Waals surface area contributed by atoms with Crippen LogP contribution in [0.5, 0.6) is 0 Å². The maximum Gasteiger partial charge on any atom is 0.348 e. The van der Waals surface area contributed by atoms with Crippen molar-refractivity contribution < 1.29 is 27.5 Å². The molecule has 0 bridgehead atoms. The van der Waals surface area contributed by atoms with Crippen molar-refractivity contribution in [3.05, 3.63) is 16.5 Å². The SMILES string of the molecule is CCOC(=O)c1sc(NS(=O)(=O)C(C)C(=O)OC)cc1C. The van der Waals surface area contributed by atoms with Gasteiger partial charge in [-0.2, -0.15) is 0 Å². The van der Waals surface area contributed by atoms with Crippen LogP contribution in [0.4, 0.5) is 5.00 Å². The average molecular weight is 335 g/mol. The molecule has 7 nitrogen and oxygen atoms in total. The molecule has 1 atom stereocenters. The Kier molecular flexibility index (Phi) is 5.73. The number of esters is 2. The Labute approximate surface area is 127 Å². The molecule has 1 unspecified atom stereocenters. The Bertz CT molecular complexity index is 634. The van der Waals surface area contributed by atoms with Crippen LogP contribution < -0.4 is 4.72 Å². The molecule has 0 saturated carbocycles.